The SMILES string of the molecule is COc1ccc(Cl)cc1/C=C(\CN)CNC(C)OC(C)=O. The lowest BCUT2D eigenvalue weighted by Crippen LogP contribution is -2.33. The van der Waals surface area contributed by atoms with Crippen LogP contribution in [0.1, 0.15) is 19.4 Å². The molecule has 0 saturated carbocycles. The molecule has 1 unspecified atom stereocenters. The lowest BCUT2D eigenvalue weighted by atomic mass is 10.1. The van der Waals surface area contributed by atoms with Gasteiger partial charge < -0.3 is 15.2 Å². The maximum atomic E-state index is 10.8. The molecule has 5 nitrogen and oxygen atoms in total. The summed E-state index contributed by atoms with van der Waals surface area (Å²) in [6.07, 6.45) is 1.54. The highest BCUT2D eigenvalue weighted by Gasteiger charge is 2.07. The number of rotatable bonds is 7. The maximum Gasteiger partial charge on any atom is 0.304 e. The molecule has 0 radical (unpaired) electrons. The van der Waals surface area contributed by atoms with E-state index in [0.717, 1.165) is 16.9 Å². The Hall–Kier alpha value is -1.56. The number of halogens is 1. The number of esters is 1. The molecule has 0 bridgehead atoms. The molecule has 0 amide bonds. The molecule has 0 heterocycles. The molecule has 116 valence electrons. The average Bonchev–Trinajstić information content (AvgIpc) is 2.42. The van der Waals surface area contributed by atoms with Crippen LogP contribution in [0.15, 0.2) is 23.8 Å². The predicted octanol–water partition coefficient (Wildman–Crippen LogP) is 2.19. The Kier molecular flexibility index (Phi) is 7.22. The first-order valence-corrected chi connectivity index (χ1v) is 6.97. The van der Waals surface area contributed by atoms with E-state index in [-0.39, 0.29) is 12.2 Å². The molecular weight excluding hydrogens is 292 g/mol. The van der Waals surface area contributed by atoms with Crippen molar-refractivity contribution in [1.82, 2.24) is 5.32 Å². The highest BCUT2D eigenvalue weighted by atomic mass is 35.5. The Morgan fingerprint density at radius 3 is 2.81 bits per heavy atom. The fraction of sp³-hybridized carbons (Fsp3) is 0.400. The number of carbonyl (C=O) groups excluding carboxylic acids is 1. The van der Waals surface area contributed by atoms with Gasteiger partial charge in [0.25, 0.3) is 0 Å². The number of benzene rings is 1. The van der Waals surface area contributed by atoms with Crippen molar-refractivity contribution in [1.29, 1.82) is 0 Å². The summed E-state index contributed by atoms with van der Waals surface area (Å²) in [5.74, 6) is 0.392. The van der Waals surface area contributed by atoms with Crippen LogP contribution in [0.5, 0.6) is 5.75 Å². The highest BCUT2D eigenvalue weighted by molar-refractivity contribution is 6.30. The van der Waals surface area contributed by atoms with Gasteiger partial charge in [0.2, 0.25) is 0 Å². The molecular formula is C15H21ClN2O3. The Labute approximate surface area is 130 Å². The zero-order valence-corrected chi connectivity index (χ0v) is 13.2. The second-order valence-electron chi connectivity index (χ2n) is 4.53. The van der Waals surface area contributed by atoms with Gasteiger partial charge in [0.05, 0.1) is 7.11 Å². The van der Waals surface area contributed by atoms with Gasteiger partial charge in [0, 0.05) is 30.6 Å². The van der Waals surface area contributed by atoms with Gasteiger partial charge in [0.15, 0.2) is 6.23 Å². The van der Waals surface area contributed by atoms with Crippen LogP contribution in [-0.4, -0.2) is 32.4 Å². The van der Waals surface area contributed by atoms with E-state index in [1.807, 2.05) is 12.1 Å². The third kappa shape index (κ3) is 6.16. The molecule has 0 saturated heterocycles. The van der Waals surface area contributed by atoms with E-state index in [0.29, 0.717) is 18.1 Å². The molecule has 1 aromatic carbocycles. The summed E-state index contributed by atoms with van der Waals surface area (Å²) in [4.78, 5) is 10.8. The van der Waals surface area contributed by atoms with E-state index in [1.54, 1.807) is 26.2 Å². The van der Waals surface area contributed by atoms with Crippen LogP contribution < -0.4 is 15.8 Å². The van der Waals surface area contributed by atoms with Crippen LogP contribution in [0.3, 0.4) is 0 Å². The maximum absolute atomic E-state index is 10.8. The van der Waals surface area contributed by atoms with E-state index in [1.165, 1.54) is 6.92 Å². The summed E-state index contributed by atoms with van der Waals surface area (Å²) < 4.78 is 10.3. The lowest BCUT2D eigenvalue weighted by molar-refractivity contribution is -0.146. The van der Waals surface area contributed by atoms with Crippen molar-refractivity contribution in [2.75, 3.05) is 20.2 Å². The second-order valence-corrected chi connectivity index (χ2v) is 4.96. The minimum atomic E-state index is -0.376. The van der Waals surface area contributed by atoms with Gasteiger partial charge in [0.1, 0.15) is 5.75 Å². The van der Waals surface area contributed by atoms with Crippen molar-refractivity contribution >= 4 is 23.6 Å². The van der Waals surface area contributed by atoms with E-state index >= 15 is 0 Å². The van der Waals surface area contributed by atoms with Gasteiger partial charge in [-0.25, -0.2) is 0 Å². The third-order valence-corrected chi connectivity index (χ3v) is 3.01. The van der Waals surface area contributed by atoms with Crippen molar-refractivity contribution < 1.29 is 14.3 Å². The van der Waals surface area contributed by atoms with Crippen molar-refractivity contribution in [3.8, 4) is 5.75 Å². The largest absolute Gasteiger partial charge is 0.496 e. The highest BCUT2D eigenvalue weighted by Crippen LogP contribution is 2.24. The van der Waals surface area contributed by atoms with Crippen molar-refractivity contribution in [3.63, 3.8) is 0 Å². The van der Waals surface area contributed by atoms with Gasteiger partial charge in [-0.3, -0.25) is 10.1 Å². The number of hydrogen-bond acceptors (Lipinski definition) is 5. The summed E-state index contributed by atoms with van der Waals surface area (Å²) in [5.41, 5.74) is 7.54. The van der Waals surface area contributed by atoms with Gasteiger partial charge in [-0.1, -0.05) is 11.6 Å². The first kappa shape index (κ1) is 17.5. The average molecular weight is 313 g/mol. The minimum Gasteiger partial charge on any atom is -0.496 e. The Morgan fingerprint density at radius 2 is 2.24 bits per heavy atom. The first-order chi connectivity index (χ1) is 9.96. The molecule has 0 aliphatic rings. The second kappa shape index (κ2) is 8.67. The quantitative estimate of drug-likeness (QED) is 0.596. The van der Waals surface area contributed by atoms with Crippen LogP contribution in [0.25, 0.3) is 6.08 Å². The predicted molar refractivity (Wildman–Crippen MR) is 84.3 cm³/mol. The first-order valence-electron chi connectivity index (χ1n) is 6.60. The summed E-state index contributed by atoms with van der Waals surface area (Å²) in [6.45, 7) is 4.00. The topological polar surface area (TPSA) is 73.6 Å². The Bertz CT molecular complexity index is 518. The number of ether oxygens (including phenoxy) is 2. The molecule has 1 rings (SSSR count). The monoisotopic (exact) mass is 312 g/mol. The Morgan fingerprint density at radius 1 is 1.52 bits per heavy atom. The van der Waals surface area contributed by atoms with Crippen LogP contribution in [0.4, 0.5) is 0 Å². The number of hydrogen-bond donors (Lipinski definition) is 2. The van der Waals surface area contributed by atoms with Crippen molar-refractivity contribution in [3.05, 3.63) is 34.4 Å². The standard InChI is InChI=1S/C15H21ClN2O3/c1-10(21-11(2)19)18-9-12(8-17)6-13-7-14(16)4-5-15(13)20-3/h4-7,10,18H,8-9,17H2,1-3H3/b12-6+. The normalized spacial score (nSPS) is 12.9. The number of methoxy groups -OCH3 is 1. The summed E-state index contributed by atoms with van der Waals surface area (Å²) in [6, 6.07) is 5.38. The smallest absolute Gasteiger partial charge is 0.304 e. The van der Waals surface area contributed by atoms with Crippen molar-refractivity contribution in [2.45, 2.75) is 20.1 Å². The third-order valence-electron chi connectivity index (χ3n) is 2.77. The molecule has 3 N–H and O–H groups in total. The number of nitrogens with one attached hydrogen (secondary N) is 1. The molecule has 0 spiro atoms. The van der Waals surface area contributed by atoms with E-state index in [9.17, 15) is 4.79 Å². The molecule has 0 aliphatic carbocycles. The van der Waals surface area contributed by atoms with Gasteiger partial charge in [-0.2, -0.15) is 0 Å². The van der Waals surface area contributed by atoms with Crippen molar-refractivity contribution in [2.24, 2.45) is 5.73 Å². The number of nitrogens with two attached hydrogens (primary N) is 1. The summed E-state index contributed by atoms with van der Waals surface area (Å²) in [5, 5.41) is 3.70. The van der Waals surface area contributed by atoms with Gasteiger partial charge in [-0.05, 0) is 36.8 Å². The fourth-order valence-corrected chi connectivity index (χ4v) is 1.97. The molecule has 0 aliphatic heterocycles. The lowest BCUT2D eigenvalue weighted by Gasteiger charge is -2.15. The van der Waals surface area contributed by atoms with Gasteiger partial charge in [-0.15, -0.1) is 0 Å². The zero-order valence-electron chi connectivity index (χ0n) is 12.5. The van der Waals surface area contributed by atoms with E-state index < -0.39 is 0 Å². The molecule has 0 fully saturated rings. The fourth-order valence-electron chi connectivity index (χ4n) is 1.79. The van der Waals surface area contributed by atoms with Crippen LogP contribution in [0, 0.1) is 0 Å². The molecule has 1 atom stereocenters. The molecule has 1 aromatic rings. The number of carbonyl (C=O) groups is 1. The zero-order chi connectivity index (χ0) is 15.8. The minimum absolute atomic E-state index is 0.329. The summed E-state index contributed by atoms with van der Waals surface area (Å²) >= 11 is 6.00. The van der Waals surface area contributed by atoms with E-state index in [2.05, 4.69) is 5.32 Å². The van der Waals surface area contributed by atoms with Crippen LogP contribution >= 0.6 is 11.6 Å². The van der Waals surface area contributed by atoms with Crippen LogP contribution in [0.2, 0.25) is 5.02 Å². The Balaban J connectivity index is 2.79. The van der Waals surface area contributed by atoms with E-state index in [4.69, 9.17) is 26.8 Å². The molecule has 21 heavy (non-hydrogen) atoms. The van der Waals surface area contributed by atoms with Crippen LogP contribution in [-0.2, 0) is 9.53 Å². The molecule has 0 aromatic heterocycles. The molecule has 6 heteroatoms. The van der Waals surface area contributed by atoms with Gasteiger partial charge >= 0.3 is 5.97 Å². The summed E-state index contributed by atoms with van der Waals surface area (Å²) in [7, 11) is 1.60.